The summed E-state index contributed by atoms with van der Waals surface area (Å²) in [5.41, 5.74) is 0. The van der Waals surface area contributed by atoms with E-state index in [2.05, 4.69) is 33.9 Å². The van der Waals surface area contributed by atoms with E-state index in [1.54, 1.807) is 0 Å². The zero-order chi connectivity index (χ0) is 17.4. The van der Waals surface area contributed by atoms with E-state index in [1.807, 2.05) is 19.1 Å². The molecule has 1 saturated carbocycles. The van der Waals surface area contributed by atoms with Crippen molar-refractivity contribution in [2.45, 2.75) is 77.3 Å². The largest absolute Gasteiger partial charge is 0.457 e. The maximum Gasteiger partial charge on any atom is 0.306 e. The van der Waals surface area contributed by atoms with Crippen LogP contribution in [0.25, 0.3) is 0 Å². The second kappa shape index (κ2) is 6.52. The van der Waals surface area contributed by atoms with E-state index < -0.39 is 14.4 Å². The van der Waals surface area contributed by atoms with Gasteiger partial charge in [0.1, 0.15) is 11.9 Å². The van der Waals surface area contributed by atoms with Crippen molar-refractivity contribution in [1.29, 1.82) is 0 Å². The standard InChI is InChI=1S/C18H30O4Si/c1-7-8-15-17-12(11-16(20)21-15)14(10-9-13(17)19)22-23(5,6)18(2,3)4/h7-8,12,14-15,17H,9-11H2,1-6H3/b8-7+/t12-,14-,15+,17+/m0/s1. The Morgan fingerprint density at radius 2 is 1.91 bits per heavy atom. The molecule has 130 valence electrons. The van der Waals surface area contributed by atoms with E-state index >= 15 is 0 Å². The summed E-state index contributed by atoms with van der Waals surface area (Å²) < 4.78 is 12.0. The van der Waals surface area contributed by atoms with Crippen LogP contribution in [0.15, 0.2) is 12.2 Å². The molecule has 0 unspecified atom stereocenters. The first-order valence-electron chi connectivity index (χ1n) is 8.59. The minimum atomic E-state index is -1.93. The molecule has 0 aromatic rings. The fraction of sp³-hybridized carbons (Fsp3) is 0.778. The Bertz CT molecular complexity index is 504. The summed E-state index contributed by atoms with van der Waals surface area (Å²) in [7, 11) is -1.93. The molecule has 4 atom stereocenters. The number of ketones is 1. The third kappa shape index (κ3) is 3.77. The van der Waals surface area contributed by atoms with Crippen LogP contribution < -0.4 is 0 Å². The zero-order valence-electron chi connectivity index (χ0n) is 15.2. The van der Waals surface area contributed by atoms with Gasteiger partial charge in [-0.05, 0) is 37.6 Å². The highest BCUT2D eigenvalue weighted by atomic mass is 28.4. The molecule has 2 rings (SSSR count). The molecule has 0 N–H and O–H groups in total. The molecule has 4 nitrogen and oxygen atoms in total. The highest BCUT2D eigenvalue weighted by Gasteiger charge is 2.50. The second-order valence-electron chi connectivity index (χ2n) is 8.30. The van der Waals surface area contributed by atoms with Gasteiger partial charge in [0.2, 0.25) is 0 Å². The summed E-state index contributed by atoms with van der Waals surface area (Å²) in [5.74, 6) is -0.297. The third-order valence-electron chi connectivity index (χ3n) is 5.64. The second-order valence-corrected chi connectivity index (χ2v) is 13.1. The minimum Gasteiger partial charge on any atom is -0.457 e. The van der Waals surface area contributed by atoms with Crippen molar-refractivity contribution in [2.24, 2.45) is 11.8 Å². The first-order chi connectivity index (χ1) is 10.6. The van der Waals surface area contributed by atoms with Crippen LogP contribution in [0.1, 0.15) is 47.0 Å². The molecule has 1 saturated heterocycles. The number of ether oxygens (including phenoxy) is 1. The van der Waals surface area contributed by atoms with Crippen molar-refractivity contribution in [3.05, 3.63) is 12.2 Å². The van der Waals surface area contributed by atoms with Crippen LogP contribution in [0.5, 0.6) is 0 Å². The van der Waals surface area contributed by atoms with E-state index in [9.17, 15) is 9.59 Å². The molecular weight excluding hydrogens is 308 g/mol. The molecule has 0 radical (unpaired) electrons. The monoisotopic (exact) mass is 338 g/mol. The van der Waals surface area contributed by atoms with Gasteiger partial charge < -0.3 is 9.16 Å². The predicted molar refractivity (Wildman–Crippen MR) is 92.6 cm³/mol. The summed E-state index contributed by atoms with van der Waals surface area (Å²) in [6, 6.07) is 0. The molecule has 2 aliphatic rings. The number of fused-ring (bicyclic) bond motifs is 1. The summed E-state index contributed by atoms with van der Waals surface area (Å²) >= 11 is 0. The fourth-order valence-electron chi connectivity index (χ4n) is 3.34. The lowest BCUT2D eigenvalue weighted by atomic mass is 9.70. The van der Waals surface area contributed by atoms with E-state index in [-0.39, 0.29) is 34.7 Å². The van der Waals surface area contributed by atoms with Gasteiger partial charge in [0, 0.05) is 18.4 Å². The summed E-state index contributed by atoms with van der Waals surface area (Å²) in [4.78, 5) is 24.5. The van der Waals surface area contributed by atoms with Gasteiger partial charge >= 0.3 is 5.97 Å². The predicted octanol–water partition coefficient (Wildman–Crippen LogP) is 3.86. The number of Topliss-reactive ketones (excluding diaryl/α,β-unsaturated/α-hetero) is 1. The van der Waals surface area contributed by atoms with E-state index in [0.29, 0.717) is 12.8 Å². The molecule has 1 aliphatic carbocycles. The molecule has 0 amide bonds. The van der Waals surface area contributed by atoms with Crippen molar-refractivity contribution < 1.29 is 18.8 Å². The number of carbonyl (C=O) groups excluding carboxylic acids is 2. The number of esters is 1. The topological polar surface area (TPSA) is 52.6 Å². The number of cyclic esters (lactones) is 1. The molecule has 0 spiro atoms. The summed E-state index contributed by atoms with van der Waals surface area (Å²) in [5, 5.41) is 0.113. The lowest BCUT2D eigenvalue weighted by Gasteiger charge is -2.47. The first-order valence-corrected chi connectivity index (χ1v) is 11.5. The van der Waals surface area contributed by atoms with Gasteiger partial charge in [0.05, 0.1) is 12.3 Å². The summed E-state index contributed by atoms with van der Waals surface area (Å²) in [6.07, 6.45) is 4.79. The van der Waals surface area contributed by atoms with E-state index in [4.69, 9.17) is 9.16 Å². The van der Waals surface area contributed by atoms with Crippen molar-refractivity contribution >= 4 is 20.1 Å². The average Bonchev–Trinajstić information content (AvgIpc) is 2.40. The number of rotatable bonds is 3. The SMILES string of the molecule is C/C=C/[C@H]1OC(=O)C[C@@H]2[C@@H]1C(=O)CC[C@@H]2O[Si](C)(C)C(C)(C)C. The third-order valence-corrected chi connectivity index (χ3v) is 10.1. The lowest BCUT2D eigenvalue weighted by molar-refractivity contribution is -0.169. The molecule has 2 fully saturated rings. The van der Waals surface area contributed by atoms with Gasteiger partial charge in [-0.15, -0.1) is 0 Å². The van der Waals surface area contributed by atoms with Crippen LogP contribution in [0.3, 0.4) is 0 Å². The maximum atomic E-state index is 12.5. The van der Waals surface area contributed by atoms with Gasteiger partial charge in [0.15, 0.2) is 8.32 Å². The molecule has 0 aromatic heterocycles. The number of hydrogen-bond acceptors (Lipinski definition) is 4. The van der Waals surface area contributed by atoms with Crippen molar-refractivity contribution in [3.8, 4) is 0 Å². The van der Waals surface area contributed by atoms with Crippen molar-refractivity contribution in [2.75, 3.05) is 0 Å². The van der Waals surface area contributed by atoms with Gasteiger partial charge in [-0.25, -0.2) is 0 Å². The van der Waals surface area contributed by atoms with Gasteiger partial charge in [-0.1, -0.05) is 26.8 Å². The molecule has 0 bridgehead atoms. The molecule has 23 heavy (non-hydrogen) atoms. The highest BCUT2D eigenvalue weighted by molar-refractivity contribution is 6.74. The normalized spacial score (nSPS) is 32.8. The number of carbonyl (C=O) groups is 2. The van der Waals surface area contributed by atoms with E-state index in [1.165, 1.54) is 0 Å². The van der Waals surface area contributed by atoms with Crippen LogP contribution >= 0.6 is 0 Å². The summed E-state index contributed by atoms with van der Waals surface area (Å²) in [6.45, 7) is 13.0. The maximum absolute atomic E-state index is 12.5. The Kier molecular flexibility index (Phi) is 5.21. The molecular formula is C18H30O4Si. The Labute approximate surface area is 140 Å². The Morgan fingerprint density at radius 1 is 1.26 bits per heavy atom. The van der Waals surface area contributed by atoms with Crippen molar-refractivity contribution in [1.82, 2.24) is 0 Å². The fourth-order valence-corrected chi connectivity index (χ4v) is 4.74. The molecule has 0 aromatic carbocycles. The molecule has 1 aliphatic heterocycles. The van der Waals surface area contributed by atoms with Gasteiger partial charge in [0.25, 0.3) is 0 Å². The van der Waals surface area contributed by atoms with E-state index in [0.717, 1.165) is 6.42 Å². The smallest absolute Gasteiger partial charge is 0.306 e. The number of hydrogen-bond donors (Lipinski definition) is 0. The number of allylic oxidation sites excluding steroid dienone is 1. The Balaban J connectivity index is 2.26. The average molecular weight is 339 g/mol. The first kappa shape index (κ1) is 18.4. The highest BCUT2D eigenvalue weighted by Crippen LogP contribution is 2.44. The van der Waals surface area contributed by atoms with Crippen LogP contribution in [0.4, 0.5) is 0 Å². The Hall–Kier alpha value is -0.943. The van der Waals surface area contributed by atoms with Crippen LogP contribution in [0, 0.1) is 11.8 Å². The molecule has 1 heterocycles. The van der Waals surface area contributed by atoms with Crippen LogP contribution in [0.2, 0.25) is 18.1 Å². The molecule has 5 heteroatoms. The Morgan fingerprint density at radius 3 is 2.48 bits per heavy atom. The minimum absolute atomic E-state index is 0.0146. The quantitative estimate of drug-likeness (QED) is 0.445. The lowest BCUT2D eigenvalue weighted by Crippen LogP contribution is -2.54. The van der Waals surface area contributed by atoms with Crippen molar-refractivity contribution in [3.63, 3.8) is 0 Å². The zero-order valence-corrected chi connectivity index (χ0v) is 16.2. The van der Waals surface area contributed by atoms with Crippen LogP contribution in [-0.4, -0.2) is 32.3 Å². The van der Waals surface area contributed by atoms with Crippen LogP contribution in [-0.2, 0) is 18.8 Å². The van der Waals surface area contributed by atoms with Gasteiger partial charge in [-0.2, -0.15) is 0 Å². The van der Waals surface area contributed by atoms with Gasteiger partial charge in [-0.3, -0.25) is 9.59 Å².